The number of benzene rings is 4. The number of nitrogens with one attached hydrogen (secondary N) is 1. The van der Waals surface area contributed by atoms with Gasteiger partial charge >= 0.3 is 6.18 Å². The first-order chi connectivity index (χ1) is 23.3. The van der Waals surface area contributed by atoms with Crippen LogP contribution in [-0.4, -0.2) is 34.7 Å². The van der Waals surface area contributed by atoms with Crippen LogP contribution in [0.25, 0.3) is 11.1 Å². The van der Waals surface area contributed by atoms with E-state index in [0.717, 1.165) is 54.9 Å². The summed E-state index contributed by atoms with van der Waals surface area (Å²) in [4.78, 5) is 33.5. The van der Waals surface area contributed by atoms with Gasteiger partial charge in [0.25, 0.3) is 0 Å². The number of amides is 1. The number of nitrogens with zero attached hydrogens (tertiary/aromatic N) is 2. The molecular formula is C40H36F3N3O2. The fourth-order valence-electron chi connectivity index (χ4n) is 6.44. The van der Waals surface area contributed by atoms with E-state index < -0.39 is 17.8 Å². The number of pyridine rings is 1. The zero-order chi connectivity index (χ0) is 33.5. The van der Waals surface area contributed by atoms with E-state index in [-0.39, 0.29) is 18.1 Å². The van der Waals surface area contributed by atoms with E-state index in [1.54, 1.807) is 30.5 Å². The fourth-order valence-corrected chi connectivity index (χ4v) is 6.44. The summed E-state index contributed by atoms with van der Waals surface area (Å²) in [6.45, 7) is 1.90. The predicted molar refractivity (Wildman–Crippen MR) is 180 cm³/mol. The molecule has 2 heterocycles. The van der Waals surface area contributed by atoms with Crippen molar-refractivity contribution < 1.29 is 22.8 Å². The summed E-state index contributed by atoms with van der Waals surface area (Å²) in [5.41, 5.74) is 4.77. The summed E-state index contributed by atoms with van der Waals surface area (Å²) >= 11 is 0. The van der Waals surface area contributed by atoms with Crippen molar-refractivity contribution in [1.29, 1.82) is 0 Å². The number of Topliss-reactive ketones (excluding diaryl/α,β-unsaturated/α-hetero) is 1. The van der Waals surface area contributed by atoms with E-state index in [4.69, 9.17) is 0 Å². The van der Waals surface area contributed by atoms with E-state index in [0.29, 0.717) is 29.2 Å². The third kappa shape index (κ3) is 7.89. The minimum atomic E-state index is -4.42. The van der Waals surface area contributed by atoms with Gasteiger partial charge in [-0.2, -0.15) is 13.2 Å². The zero-order valence-corrected chi connectivity index (χ0v) is 26.4. The van der Waals surface area contributed by atoms with Gasteiger partial charge in [-0.25, -0.2) is 0 Å². The standard InChI is InChI=1S/C40H36F3N3O2/c41-40(42,43)33-19-17-31(18-20-33)35-11-4-5-12-36(35)37(47)26-28-13-15-29(16-14-28)30-21-24-46(25-22-30)38(32-8-2-1-3-9-32)39(48)45-27-34-10-6-7-23-44-34/h1-20,23,30,38H,21-22,24-27H2,(H,45,48). The van der Waals surface area contributed by atoms with Crippen LogP contribution in [0.2, 0.25) is 0 Å². The third-order valence-electron chi connectivity index (χ3n) is 8.99. The molecule has 1 aliphatic heterocycles. The van der Waals surface area contributed by atoms with Crippen LogP contribution in [0.5, 0.6) is 0 Å². The highest BCUT2D eigenvalue weighted by molar-refractivity contribution is 6.03. The molecule has 0 bridgehead atoms. The summed E-state index contributed by atoms with van der Waals surface area (Å²) in [7, 11) is 0. The van der Waals surface area contributed by atoms with Crippen molar-refractivity contribution >= 4 is 11.7 Å². The minimum Gasteiger partial charge on any atom is -0.349 e. The molecule has 1 N–H and O–H groups in total. The lowest BCUT2D eigenvalue weighted by atomic mass is 9.87. The van der Waals surface area contributed by atoms with Crippen molar-refractivity contribution in [3.8, 4) is 11.1 Å². The molecule has 48 heavy (non-hydrogen) atoms. The Hall–Kier alpha value is -5.08. The van der Waals surface area contributed by atoms with Crippen LogP contribution in [0.4, 0.5) is 13.2 Å². The van der Waals surface area contributed by atoms with Crippen molar-refractivity contribution in [2.24, 2.45) is 0 Å². The van der Waals surface area contributed by atoms with Crippen LogP contribution in [0.15, 0.2) is 128 Å². The van der Waals surface area contributed by atoms with E-state index >= 15 is 0 Å². The number of carbonyl (C=O) groups is 2. The molecule has 6 rings (SSSR count). The van der Waals surface area contributed by atoms with Gasteiger partial charge in [0.05, 0.1) is 17.8 Å². The molecule has 4 aromatic carbocycles. The lowest BCUT2D eigenvalue weighted by Crippen LogP contribution is -2.44. The summed E-state index contributed by atoms with van der Waals surface area (Å²) in [6.07, 6.45) is -0.718. The van der Waals surface area contributed by atoms with Gasteiger partial charge in [-0.3, -0.25) is 19.5 Å². The van der Waals surface area contributed by atoms with Crippen molar-refractivity contribution in [3.63, 3.8) is 0 Å². The molecule has 5 aromatic rings. The maximum Gasteiger partial charge on any atom is 0.416 e. The Balaban J connectivity index is 1.08. The average Bonchev–Trinajstić information content (AvgIpc) is 3.12. The Labute approximate surface area is 278 Å². The summed E-state index contributed by atoms with van der Waals surface area (Å²) in [6, 6.07) is 35.2. The average molecular weight is 648 g/mol. The smallest absolute Gasteiger partial charge is 0.349 e. The molecule has 1 amide bonds. The highest BCUT2D eigenvalue weighted by atomic mass is 19.4. The van der Waals surface area contributed by atoms with Crippen molar-refractivity contribution in [2.75, 3.05) is 13.1 Å². The quantitative estimate of drug-likeness (QED) is 0.155. The van der Waals surface area contributed by atoms with Gasteiger partial charge in [0.2, 0.25) is 5.91 Å². The van der Waals surface area contributed by atoms with Gasteiger partial charge in [0, 0.05) is 18.2 Å². The largest absolute Gasteiger partial charge is 0.416 e. The maximum absolute atomic E-state index is 13.5. The number of alkyl halides is 3. The van der Waals surface area contributed by atoms with Gasteiger partial charge in [0.1, 0.15) is 6.04 Å². The second-order valence-electron chi connectivity index (χ2n) is 12.1. The van der Waals surface area contributed by atoms with Crippen LogP contribution in [0.1, 0.15) is 63.1 Å². The monoisotopic (exact) mass is 647 g/mol. The molecule has 8 heteroatoms. The topological polar surface area (TPSA) is 62.3 Å². The first kappa shape index (κ1) is 32.8. The summed E-state index contributed by atoms with van der Waals surface area (Å²) < 4.78 is 39.2. The van der Waals surface area contributed by atoms with Crippen LogP contribution in [-0.2, 0) is 23.9 Å². The molecular weight excluding hydrogens is 611 g/mol. The Morgan fingerprint density at radius 1 is 0.792 bits per heavy atom. The van der Waals surface area contributed by atoms with Crippen LogP contribution < -0.4 is 5.32 Å². The SMILES string of the molecule is O=C(Cc1ccc(C2CCN(C(C(=O)NCc3ccccn3)c3ccccc3)CC2)cc1)c1ccccc1-c1ccc(C(F)(F)F)cc1. The van der Waals surface area contributed by atoms with Crippen LogP contribution >= 0.6 is 0 Å². The highest BCUT2D eigenvalue weighted by Crippen LogP contribution is 2.34. The molecule has 1 atom stereocenters. The highest BCUT2D eigenvalue weighted by Gasteiger charge is 2.32. The molecule has 244 valence electrons. The Kier molecular flexibility index (Phi) is 10.1. The molecule has 5 nitrogen and oxygen atoms in total. The van der Waals surface area contributed by atoms with E-state index in [1.165, 1.54) is 17.7 Å². The van der Waals surface area contributed by atoms with Crippen LogP contribution in [0, 0.1) is 0 Å². The van der Waals surface area contributed by atoms with Crippen molar-refractivity contribution in [2.45, 2.75) is 43.9 Å². The predicted octanol–water partition coefficient (Wildman–Crippen LogP) is 8.43. The lowest BCUT2D eigenvalue weighted by Gasteiger charge is -2.37. The molecule has 0 spiro atoms. The molecule has 1 fully saturated rings. The first-order valence-electron chi connectivity index (χ1n) is 16.1. The molecule has 1 aromatic heterocycles. The number of hydrogen-bond donors (Lipinski definition) is 1. The van der Waals surface area contributed by atoms with Gasteiger partial charge in [-0.05, 0) is 83.9 Å². The number of rotatable bonds is 10. The van der Waals surface area contributed by atoms with Crippen molar-refractivity contribution in [3.05, 3.63) is 161 Å². The molecule has 0 saturated carbocycles. The van der Waals surface area contributed by atoms with E-state index in [9.17, 15) is 22.8 Å². The molecule has 1 aliphatic rings. The number of halogens is 3. The van der Waals surface area contributed by atoms with Crippen LogP contribution in [0.3, 0.4) is 0 Å². The maximum atomic E-state index is 13.5. The molecule has 0 aliphatic carbocycles. The fraction of sp³-hybridized carbons (Fsp3) is 0.225. The van der Waals surface area contributed by atoms with E-state index in [1.807, 2.05) is 60.7 Å². The molecule has 0 radical (unpaired) electrons. The van der Waals surface area contributed by atoms with Crippen molar-refractivity contribution in [1.82, 2.24) is 15.2 Å². The lowest BCUT2D eigenvalue weighted by molar-refractivity contribution is -0.137. The number of likely N-dealkylation sites (tertiary alicyclic amines) is 1. The number of carbonyl (C=O) groups excluding carboxylic acids is 2. The molecule has 1 saturated heterocycles. The summed E-state index contributed by atoms with van der Waals surface area (Å²) in [5.74, 6) is 0.193. The third-order valence-corrected chi connectivity index (χ3v) is 8.99. The Morgan fingerprint density at radius 3 is 2.12 bits per heavy atom. The Bertz CT molecular complexity index is 1820. The van der Waals surface area contributed by atoms with Gasteiger partial charge in [0.15, 0.2) is 5.78 Å². The Morgan fingerprint density at radius 2 is 1.46 bits per heavy atom. The minimum absolute atomic E-state index is 0.0424. The number of aromatic nitrogens is 1. The molecule has 1 unspecified atom stereocenters. The van der Waals surface area contributed by atoms with Gasteiger partial charge in [-0.15, -0.1) is 0 Å². The first-order valence-corrected chi connectivity index (χ1v) is 16.1. The van der Waals surface area contributed by atoms with Gasteiger partial charge in [-0.1, -0.05) is 97.1 Å². The number of piperidine rings is 1. The second kappa shape index (κ2) is 14.8. The number of hydrogen-bond acceptors (Lipinski definition) is 4. The number of ketones is 1. The zero-order valence-electron chi connectivity index (χ0n) is 26.4. The van der Waals surface area contributed by atoms with E-state index in [2.05, 4.69) is 27.3 Å². The second-order valence-corrected chi connectivity index (χ2v) is 12.1. The summed E-state index contributed by atoms with van der Waals surface area (Å²) in [5, 5.41) is 3.08. The van der Waals surface area contributed by atoms with Gasteiger partial charge < -0.3 is 5.32 Å². The normalized spacial score (nSPS) is 14.7.